The smallest absolute Gasteiger partial charge is 0.410 e. The Morgan fingerprint density at radius 1 is 1.17 bits per heavy atom. The van der Waals surface area contributed by atoms with E-state index in [0.29, 0.717) is 24.2 Å². The Hall–Kier alpha value is -0.810. The lowest BCUT2D eigenvalue weighted by Crippen LogP contribution is -2.53. The van der Waals surface area contributed by atoms with Crippen molar-refractivity contribution in [2.75, 3.05) is 20.1 Å². The van der Waals surface area contributed by atoms with E-state index in [1.54, 1.807) is 0 Å². The van der Waals surface area contributed by atoms with Gasteiger partial charge in [-0.15, -0.1) is 0 Å². The third-order valence-electron chi connectivity index (χ3n) is 5.65. The van der Waals surface area contributed by atoms with E-state index in [9.17, 15) is 4.79 Å². The van der Waals surface area contributed by atoms with E-state index >= 15 is 0 Å². The van der Waals surface area contributed by atoms with Crippen LogP contribution < -0.4 is 5.32 Å². The van der Waals surface area contributed by atoms with Gasteiger partial charge in [0.1, 0.15) is 5.60 Å². The molecular weight excluding hydrogens is 290 g/mol. The van der Waals surface area contributed by atoms with E-state index < -0.39 is 5.60 Å². The van der Waals surface area contributed by atoms with Crippen molar-refractivity contribution in [1.82, 2.24) is 15.1 Å². The van der Waals surface area contributed by atoms with Crippen LogP contribution in [-0.2, 0) is 4.74 Å². The number of nitrogens with one attached hydrogen (secondary N) is 1. The molecule has 2 bridgehead atoms. The minimum Gasteiger partial charge on any atom is -0.444 e. The lowest BCUT2D eigenvalue weighted by Gasteiger charge is -2.40. The van der Waals surface area contributed by atoms with Crippen molar-refractivity contribution >= 4 is 6.09 Å². The number of hydrogen-bond acceptors (Lipinski definition) is 4. The molecule has 3 aliphatic heterocycles. The monoisotopic (exact) mass is 323 g/mol. The summed E-state index contributed by atoms with van der Waals surface area (Å²) in [5.41, 5.74) is -0.404. The number of ether oxygens (including phenoxy) is 1. The summed E-state index contributed by atoms with van der Waals surface area (Å²) in [7, 11) is 2.23. The predicted octanol–water partition coefficient (Wildman–Crippen LogP) is 2.60. The highest BCUT2D eigenvalue weighted by Crippen LogP contribution is 2.36. The number of piperidine rings is 1. The molecule has 5 nitrogen and oxygen atoms in total. The molecule has 5 heteroatoms. The van der Waals surface area contributed by atoms with Gasteiger partial charge in [0, 0.05) is 30.7 Å². The van der Waals surface area contributed by atoms with Gasteiger partial charge in [-0.2, -0.15) is 0 Å². The molecule has 3 atom stereocenters. The Labute approximate surface area is 140 Å². The number of rotatable bonds is 3. The third-order valence-corrected chi connectivity index (χ3v) is 5.65. The summed E-state index contributed by atoms with van der Waals surface area (Å²) in [6.45, 7) is 8.15. The van der Waals surface area contributed by atoms with E-state index in [4.69, 9.17) is 4.74 Å². The zero-order chi connectivity index (χ0) is 16.6. The number of likely N-dealkylation sites (N-methyl/N-ethyl adjacent to an activating group) is 1. The van der Waals surface area contributed by atoms with Crippen molar-refractivity contribution in [1.29, 1.82) is 0 Å². The lowest BCUT2D eigenvalue weighted by molar-refractivity contribution is 0.00456. The second kappa shape index (κ2) is 6.60. The largest absolute Gasteiger partial charge is 0.444 e. The van der Waals surface area contributed by atoms with E-state index in [1.165, 1.54) is 19.4 Å². The molecule has 3 fully saturated rings. The quantitative estimate of drug-likeness (QED) is 0.867. The average Bonchev–Trinajstić information content (AvgIpc) is 2.96. The Balaban J connectivity index is 1.51. The summed E-state index contributed by atoms with van der Waals surface area (Å²) in [5.74, 6) is 0. The van der Waals surface area contributed by atoms with Gasteiger partial charge in [0.05, 0.1) is 0 Å². The zero-order valence-corrected chi connectivity index (χ0v) is 15.2. The maximum absolute atomic E-state index is 12.5. The van der Waals surface area contributed by atoms with Crippen molar-refractivity contribution < 1.29 is 9.53 Å². The van der Waals surface area contributed by atoms with Crippen LogP contribution in [0.25, 0.3) is 0 Å². The molecule has 0 aromatic rings. The molecule has 3 heterocycles. The van der Waals surface area contributed by atoms with E-state index in [0.717, 1.165) is 32.2 Å². The van der Waals surface area contributed by atoms with Crippen molar-refractivity contribution in [2.24, 2.45) is 0 Å². The minimum absolute atomic E-state index is 0.112. The van der Waals surface area contributed by atoms with Crippen molar-refractivity contribution in [2.45, 2.75) is 89.1 Å². The summed E-state index contributed by atoms with van der Waals surface area (Å²) in [6, 6.07) is 1.97. The molecular formula is C18H33N3O2. The number of carbonyl (C=O) groups is 1. The molecule has 0 aliphatic carbocycles. The Kier molecular flexibility index (Phi) is 4.88. The Morgan fingerprint density at radius 2 is 1.83 bits per heavy atom. The van der Waals surface area contributed by atoms with Crippen LogP contribution in [-0.4, -0.2) is 65.8 Å². The molecule has 0 radical (unpaired) electrons. The van der Waals surface area contributed by atoms with Crippen LogP contribution in [0.3, 0.4) is 0 Å². The van der Waals surface area contributed by atoms with Gasteiger partial charge < -0.3 is 19.9 Å². The SMILES string of the molecule is CN1CCCC1CNC1CC2CCC(C1)N2C(=O)OC(C)(C)C. The molecule has 3 unspecified atom stereocenters. The maximum Gasteiger partial charge on any atom is 0.410 e. The van der Waals surface area contributed by atoms with Gasteiger partial charge in [-0.1, -0.05) is 0 Å². The average molecular weight is 323 g/mol. The summed E-state index contributed by atoms with van der Waals surface area (Å²) in [5, 5.41) is 3.78. The molecule has 0 spiro atoms. The van der Waals surface area contributed by atoms with Crippen LogP contribution in [0.4, 0.5) is 4.79 Å². The first-order chi connectivity index (χ1) is 10.8. The molecule has 0 aromatic carbocycles. The summed E-state index contributed by atoms with van der Waals surface area (Å²) < 4.78 is 5.61. The summed E-state index contributed by atoms with van der Waals surface area (Å²) in [4.78, 5) is 17.0. The number of amides is 1. The molecule has 0 aromatic heterocycles. The van der Waals surface area contributed by atoms with Gasteiger partial charge in [-0.25, -0.2) is 4.79 Å². The van der Waals surface area contributed by atoms with Gasteiger partial charge in [-0.05, 0) is 72.9 Å². The van der Waals surface area contributed by atoms with Crippen LogP contribution in [0.5, 0.6) is 0 Å². The van der Waals surface area contributed by atoms with E-state index in [1.807, 2.05) is 25.7 Å². The molecule has 1 N–H and O–H groups in total. The first-order valence-electron chi connectivity index (χ1n) is 9.28. The predicted molar refractivity (Wildman–Crippen MR) is 91.6 cm³/mol. The van der Waals surface area contributed by atoms with Crippen molar-refractivity contribution in [3.05, 3.63) is 0 Å². The van der Waals surface area contributed by atoms with Gasteiger partial charge in [0.2, 0.25) is 0 Å². The Bertz CT molecular complexity index is 420. The highest BCUT2D eigenvalue weighted by molar-refractivity contribution is 5.69. The number of likely N-dealkylation sites (tertiary alicyclic amines) is 1. The first kappa shape index (κ1) is 17.0. The van der Waals surface area contributed by atoms with Crippen molar-refractivity contribution in [3.8, 4) is 0 Å². The Morgan fingerprint density at radius 3 is 2.35 bits per heavy atom. The molecule has 3 saturated heterocycles. The van der Waals surface area contributed by atoms with Crippen LogP contribution in [0.1, 0.15) is 59.3 Å². The molecule has 0 saturated carbocycles. The highest BCUT2D eigenvalue weighted by atomic mass is 16.6. The number of fused-ring (bicyclic) bond motifs is 2. The van der Waals surface area contributed by atoms with E-state index in [-0.39, 0.29) is 6.09 Å². The summed E-state index contributed by atoms with van der Waals surface area (Å²) >= 11 is 0. The van der Waals surface area contributed by atoms with Gasteiger partial charge >= 0.3 is 6.09 Å². The fourth-order valence-electron chi connectivity index (χ4n) is 4.50. The second-order valence-corrected chi connectivity index (χ2v) is 8.63. The highest BCUT2D eigenvalue weighted by Gasteiger charge is 2.44. The fraction of sp³-hybridized carbons (Fsp3) is 0.944. The third kappa shape index (κ3) is 4.00. The molecule has 132 valence electrons. The molecule has 23 heavy (non-hydrogen) atoms. The normalized spacial score (nSPS) is 34.9. The number of carbonyl (C=O) groups excluding carboxylic acids is 1. The van der Waals surface area contributed by atoms with Gasteiger partial charge in [0.15, 0.2) is 0 Å². The standard InChI is InChI=1S/C18H33N3O2/c1-18(2,3)23-17(22)21-14-7-8-15(21)11-13(10-14)19-12-16-6-5-9-20(16)4/h13-16,19H,5-12H2,1-4H3. The van der Waals surface area contributed by atoms with Gasteiger partial charge in [0.25, 0.3) is 0 Å². The molecule has 1 amide bonds. The van der Waals surface area contributed by atoms with Crippen molar-refractivity contribution in [3.63, 3.8) is 0 Å². The van der Waals surface area contributed by atoms with Crippen LogP contribution in [0.2, 0.25) is 0 Å². The second-order valence-electron chi connectivity index (χ2n) is 8.63. The first-order valence-corrected chi connectivity index (χ1v) is 9.28. The zero-order valence-electron chi connectivity index (χ0n) is 15.2. The topological polar surface area (TPSA) is 44.8 Å². The number of nitrogens with zero attached hydrogens (tertiary/aromatic N) is 2. The molecule has 3 rings (SSSR count). The minimum atomic E-state index is -0.404. The fourth-order valence-corrected chi connectivity index (χ4v) is 4.50. The number of hydrogen-bond donors (Lipinski definition) is 1. The van der Waals surface area contributed by atoms with Gasteiger partial charge in [-0.3, -0.25) is 0 Å². The molecule has 3 aliphatic rings. The maximum atomic E-state index is 12.5. The lowest BCUT2D eigenvalue weighted by atomic mass is 9.97. The van der Waals surface area contributed by atoms with Crippen LogP contribution in [0, 0.1) is 0 Å². The van der Waals surface area contributed by atoms with E-state index in [2.05, 4.69) is 17.3 Å². The summed E-state index contributed by atoms with van der Waals surface area (Å²) in [6.07, 6.45) is 6.94. The van der Waals surface area contributed by atoms with Crippen LogP contribution >= 0.6 is 0 Å². The van der Waals surface area contributed by atoms with Crippen LogP contribution in [0.15, 0.2) is 0 Å².